The highest BCUT2D eigenvalue weighted by molar-refractivity contribution is 5.74. The standard InChI is InChI=1S/C16H25N3O/c1-2-19(13-15-9-6-10-17-11-15)16(20)18-12-14-7-4-3-5-8-14/h3-5,7-8,15,17H,2,6,9-13H2,1H3,(H,18,20). The fraction of sp³-hybridized carbons (Fsp3) is 0.562. The first kappa shape index (κ1) is 14.9. The van der Waals surface area contributed by atoms with Crippen LogP contribution in [-0.4, -0.2) is 37.1 Å². The molecule has 1 atom stereocenters. The van der Waals surface area contributed by atoms with Crippen LogP contribution in [0.2, 0.25) is 0 Å². The number of urea groups is 1. The summed E-state index contributed by atoms with van der Waals surface area (Å²) < 4.78 is 0. The highest BCUT2D eigenvalue weighted by Crippen LogP contribution is 2.11. The molecule has 0 spiro atoms. The second-order valence-electron chi connectivity index (χ2n) is 5.40. The summed E-state index contributed by atoms with van der Waals surface area (Å²) in [4.78, 5) is 14.1. The first-order valence-electron chi connectivity index (χ1n) is 7.57. The molecule has 0 radical (unpaired) electrons. The molecule has 2 amide bonds. The van der Waals surface area contributed by atoms with Gasteiger partial charge < -0.3 is 15.5 Å². The molecule has 0 aliphatic carbocycles. The lowest BCUT2D eigenvalue weighted by Crippen LogP contribution is -2.45. The molecule has 0 aromatic heterocycles. The third kappa shape index (κ3) is 4.53. The second-order valence-corrected chi connectivity index (χ2v) is 5.40. The Morgan fingerprint density at radius 1 is 1.40 bits per heavy atom. The zero-order valence-electron chi connectivity index (χ0n) is 12.3. The average Bonchev–Trinajstić information content (AvgIpc) is 2.52. The van der Waals surface area contributed by atoms with Crippen molar-refractivity contribution in [1.82, 2.24) is 15.5 Å². The van der Waals surface area contributed by atoms with E-state index in [1.54, 1.807) is 0 Å². The van der Waals surface area contributed by atoms with Crippen LogP contribution in [0.25, 0.3) is 0 Å². The van der Waals surface area contributed by atoms with E-state index in [1.807, 2.05) is 42.2 Å². The Balaban J connectivity index is 1.79. The smallest absolute Gasteiger partial charge is 0.317 e. The Morgan fingerprint density at radius 3 is 2.85 bits per heavy atom. The minimum absolute atomic E-state index is 0.0435. The van der Waals surface area contributed by atoms with Crippen molar-refractivity contribution in [1.29, 1.82) is 0 Å². The molecule has 1 aliphatic rings. The molecule has 1 fully saturated rings. The molecule has 2 rings (SSSR count). The molecule has 1 unspecified atom stereocenters. The van der Waals surface area contributed by atoms with Crippen molar-refractivity contribution in [2.45, 2.75) is 26.3 Å². The SMILES string of the molecule is CCN(CC1CCCNC1)C(=O)NCc1ccccc1. The summed E-state index contributed by atoms with van der Waals surface area (Å²) in [5.74, 6) is 0.589. The molecule has 1 saturated heterocycles. The Hall–Kier alpha value is -1.55. The minimum atomic E-state index is 0.0435. The van der Waals surface area contributed by atoms with Gasteiger partial charge in [0.25, 0.3) is 0 Å². The molecule has 110 valence electrons. The lowest BCUT2D eigenvalue weighted by atomic mass is 9.99. The molecule has 4 heteroatoms. The fourth-order valence-electron chi connectivity index (χ4n) is 2.63. The molecule has 4 nitrogen and oxygen atoms in total. The predicted molar refractivity (Wildman–Crippen MR) is 81.5 cm³/mol. The Bertz CT molecular complexity index is 401. The Labute approximate surface area is 121 Å². The minimum Gasteiger partial charge on any atom is -0.334 e. The van der Waals surface area contributed by atoms with E-state index in [2.05, 4.69) is 10.6 Å². The predicted octanol–water partition coefficient (Wildman–Crippen LogP) is 2.22. The van der Waals surface area contributed by atoms with Gasteiger partial charge in [0, 0.05) is 19.6 Å². The number of amides is 2. The summed E-state index contributed by atoms with van der Waals surface area (Å²) in [7, 11) is 0. The number of nitrogens with one attached hydrogen (secondary N) is 2. The number of piperidine rings is 1. The summed E-state index contributed by atoms with van der Waals surface area (Å²) in [6, 6.07) is 10.1. The number of rotatable bonds is 5. The quantitative estimate of drug-likeness (QED) is 0.865. The summed E-state index contributed by atoms with van der Waals surface area (Å²) >= 11 is 0. The van der Waals surface area contributed by atoms with E-state index in [0.717, 1.165) is 31.7 Å². The second kappa shape index (κ2) is 7.90. The molecule has 1 heterocycles. The van der Waals surface area contributed by atoms with Gasteiger partial charge in [0.05, 0.1) is 0 Å². The van der Waals surface area contributed by atoms with Gasteiger partial charge in [-0.2, -0.15) is 0 Å². The Morgan fingerprint density at radius 2 is 2.20 bits per heavy atom. The summed E-state index contributed by atoms with van der Waals surface area (Å²) in [5, 5.41) is 6.41. The maximum Gasteiger partial charge on any atom is 0.317 e. The van der Waals surface area contributed by atoms with Crippen LogP contribution < -0.4 is 10.6 Å². The molecule has 1 aromatic rings. The highest BCUT2D eigenvalue weighted by Gasteiger charge is 2.19. The van der Waals surface area contributed by atoms with Gasteiger partial charge in [-0.3, -0.25) is 0 Å². The van der Waals surface area contributed by atoms with E-state index in [9.17, 15) is 4.79 Å². The monoisotopic (exact) mass is 275 g/mol. The van der Waals surface area contributed by atoms with Gasteiger partial charge in [0.2, 0.25) is 0 Å². The van der Waals surface area contributed by atoms with Crippen molar-refractivity contribution in [2.24, 2.45) is 5.92 Å². The van der Waals surface area contributed by atoms with Crippen molar-refractivity contribution in [2.75, 3.05) is 26.2 Å². The van der Waals surface area contributed by atoms with Gasteiger partial charge in [0.1, 0.15) is 0 Å². The average molecular weight is 275 g/mol. The number of nitrogens with zero attached hydrogens (tertiary/aromatic N) is 1. The van der Waals surface area contributed by atoms with E-state index < -0.39 is 0 Å². The van der Waals surface area contributed by atoms with E-state index in [0.29, 0.717) is 12.5 Å². The molecule has 1 aromatic carbocycles. The van der Waals surface area contributed by atoms with Crippen molar-refractivity contribution in [3.8, 4) is 0 Å². The van der Waals surface area contributed by atoms with Gasteiger partial charge in [-0.25, -0.2) is 4.79 Å². The van der Waals surface area contributed by atoms with E-state index >= 15 is 0 Å². The van der Waals surface area contributed by atoms with Gasteiger partial charge in [0.15, 0.2) is 0 Å². The topological polar surface area (TPSA) is 44.4 Å². The Kier molecular flexibility index (Phi) is 5.87. The molecule has 20 heavy (non-hydrogen) atoms. The van der Waals surface area contributed by atoms with Gasteiger partial charge in [-0.15, -0.1) is 0 Å². The summed E-state index contributed by atoms with van der Waals surface area (Å²) in [5.41, 5.74) is 1.14. The number of hydrogen-bond acceptors (Lipinski definition) is 2. The van der Waals surface area contributed by atoms with Crippen molar-refractivity contribution < 1.29 is 4.79 Å². The lowest BCUT2D eigenvalue weighted by molar-refractivity contribution is 0.184. The first-order valence-corrected chi connectivity index (χ1v) is 7.57. The molecular formula is C16H25N3O. The number of carbonyl (C=O) groups is 1. The fourth-order valence-corrected chi connectivity index (χ4v) is 2.63. The van der Waals surface area contributed by atoms with Crippen LogP contribution in [0.1, 0.15) is 25.3 Å². The normalized spacial score (nSPS) is 18.6. The van der Waals surface area contributed by atoms with Crippen LogP contribution in [0, 0.1) is 5.92 Å². The van der Waals surface area contributed by atoms with Crippen LogP contribution in [0.4, 0.5) is 4.79 Å². The summed E-state index contributed by atoms with van der Waals surface area (Å²) in [6.45, 7) is 6.39. The summed E-state index contributed by atoms with van der Waals surface area (Å²) in [6.07, 6.45) is 2.43. The van der Waals surface area contributed by atoms with Crippen LogP contribution in [0.15, 0.2) is 30.3 Å². The van der Waals surface area contributed by atoms with E-state index in [1.165, 1.54) is 12.8 Å². The van der Waals surface area contributed by atoms with Crippen LogP contribution in [0.3, 0.4) is 0 Å². The van der Waals surface area contributed by atoms with Crippen LogP contribution >= 0.6 is 0 Å². The lowest BCUT2D eigenvalue weighted by Gasteiger charge is -2.29. The molecule has 0 bridgehead atoms. The third-order valence-electron chi connectivity index (χ3n) is 3.83. The molecule has 2 N–H and O–H groups in total. The maximum atomic E-state index is 12.2. The molecular weight excluding hydrogens is 250 g/mol. The largest absolute Gasteiger partial charge is 0.334 e. The zero-order chi connectivity index (χ0) is 14.2. The highest BCUT2D eigenvalue weighted by atomic mass is 16.2. The van der Waals surface area contributed by atoms with Gasteiger partial charge in [-0.05, 0) is 44.3 Å². The van der Waals surface area contributed by atoms with Gasteiger partial charge >= 0.3 is 6.03 Å². The molecule has 1 aliphatic heterocycles. The number of hydrogen-bond donors (Lipinski definition) is 2. The van der Waals surface area contributed by atoms with Crippen LogP contribution in [0.5, 0.6) is 0 Å². The molecule has 0 saturated carbocycles. The maximum absolute atomic E-state index is 12.2. The van der Waals surface area contributed by atoms with E-state index in [-0.39, 0.29) is 6.03 Å². The first-order chi connectivity index (χ1) is 9.79. The van der Waals surface area contributed by atoms with Crippen molar-refractivity contribution in [3.63, 3.8) is 0 Å². The third-order valence-corrected chi connectivity index (χ3v) is 3.83. The van der Waals surface area contributed by atoms with Gasteiger partial charge in [-0.1, -0.05) is 30.3 Å². The van der Waals surface area contributed by atoms with Crippen LogP contribution in [-0.2, 0) is 6.54 Å². The zero-order valence-corrected chi connectivity index (χ0v) is 12.3. The van der Waals surface area contributed by atoms with E-state index in [4.69, 9.17) is 0 Å². The number of carbonyl (C=O) groups excluding carboxylic acids is 1. The number of benzene rings is 1. The van der Waals surface area contributed by atoms with Crippen molar-refractivity contribution in [3.05, 3.63) is 35.9 Å². The van der Waals surface area contributed by atoms with Crippen molar-refractivity contribution >= 4 is 6.03 Å².